The highest BCUT2D eigenvalue weighted by Crippen LogP contribution is 2.29. The molecule has 1 saturated carbocycles. The smallest absolute Gasteiger partial charge is 0.184 e. The van der Waals surface area contributed by atoms with Gasteiger partial charge in [-0.25, -0.2) is 15.0 Å². The molecular formula is C21H22N6S. The van der Waals surface area contributed by atoms with Crippen LogP contribution in [0.1, 0.15) is 31.2 Å². The topological polar surface area (TPSA) is 68.0 Å². The molecule has 0 radical (unpaired) electrons. The minimum Gasteiger partial charge on any atom is -0.353 e. The normalized spacial score (nSPS) is 18.9. The van der Waals surface area contributed by atoms with Crippen molar-refractivity contribution in [3.05, 3.63) is 48.4 Å². The third kappa shape index (κ3) is 3.26. The molecule has 0 saturated heterocycles. The molecule has 0 bridgehead atoms. The molecule has 1 aliphatic rings. The van der Waals surface area contributed by atoms with Gasteiger partial charge < -0.3 is 9.88 Å². The molecule has 3 aromatic heterocycles. The van der Waals surface area contributed by atoms with Crippen LogP contribution in [0, 0.1) is 0 Å². The average Bonchev–Trinajstić information content (AvgIpc) is 3.32. The van der Waals surface area contributed by atoms with E-state index in [1.807, 2.05) is 31.7 Å². The maximum atomic E-state index is 4.78. The number of anilines is 1. The van der Waals surface area contributed by atoms with Crippen LogP contribution in [-0.2, 0) is 6.54 Å². The van der Waals surface area contributed by atoms with E-state index in [-0.39, 0.29) is 0 Å². The minimum atomic E-state index is 0.321. The summed E-state index contributed by atoms with van der Waals surface area (Å²) in [6, 6.07) is 10.7. The van der Waals surface area contributed by atoms with Crippen LogP contribution < -0.4 is 5.32 Å². The molecule has 1 aromatic carbocycles. The Kier molecular flexibility index (Phi) is 4.52. The van der Waals surface area contributed by atoms with Gasteiger partial charge in [0.1, 0.15) is 5.52 Å². The molecule has 1 atom stereocenters. The summed E-state index contributed by atoms with van der Waals surface area (Å²) >= 11 is 1.72. The number of nitrogens with zero attached hydrogens (tertiary/aromatic N) is 5. The van der Waals surface area contributed by atoms with Crippen molar-refractivity contribution in [1.29, 1.82) is 0 Å². The summed E-state index contributed by atoms with van der Waals surface area (Å²) < 4.78 is 3.28. The maximum Gasteiger partial charge on any atom is 0.184 e. The van der Waals surface area contributed by atoms with Crippen LogP contribution in [0.25, 0.3) is 21.4 Å². The largest absolute Gasteiger partial charge is 0.353 e. The van der Waals surface area contributed by atoms with Crippen LogP contribution in [0.15, 0.2) is 47.8 Å². The SMILES string of the molecule is CN=C1CCCC[C@H]1Nc1nc2ccc(Cn3cnc4cccnc43)cc2s1. The molecule has 0 amide bonds. The van der Waals surface area contributed by atoms with Crippen molar-refractivity contribution in [1.82, 2.24) is 19.5 Å². The lowest BCUT2D eigenvalue weighted by Gasteiger charge is -2.24. The number of thiazole rings is 1. The third-order valence-corrected chi connectivity index (χ3v) is 6.29. The number of imidazole rings is 1. The second-order valence-corrected chi connectivity index (χ2v) is 8.23. The number of hydrogen-bond donors (Lipinski definition) is 1. The van der Waals surface area contributed by atoms with E-state index in [1.165, 1.54) is 28.8 Å². The quantitative estimate of drug-likeness (QED) is 0.556. The molecule has 3 heterocycles. The Morgan fingerprint density at radius 3 is 3.11 bits per heavy atom. The predicted molar refractivity (Wildman–Crippen MR) is 115 cm³/mol. The summed E-state index contributed by atoms with van der Waals surface area (Å²) in [5, 5.41) is 4.59. The predicted octanol–water partition coefficient (Wildman–Crippen LogP) is 4.51. The van der Waals surface area contributed by atoms with Gasteiger partial charge in [-0.05, 0) is 49.1 Å². The Bertz CT molecular complexity index is 1160. The summed E-state index contributed by atoms with van der Waals surface area (Å²) in [4.78, 5) is 18.1. The molecule has 1 N–H and O–H groups in total. The van der Waals surface area contributed by atoms with Gasteiger partial charge in [-0.1, -0.05) is 23.8 Å². The van der Waals surface area contributed by atoms with Crippen LogP contribution >= 0.6 is 11.3 Å². The van der Waals surface area contributed by atoms with Gasteiger partial charge in [-0.3, -0.25) is 4.99 Å². The molecular weight excluding hydrogens is 368 g/mol. The van der Waals surface area contributed by atoms with E-state index in [0.717, 1.165) is 41.2 Å². The first-order chi connectivity index (χ1) is 13.8. The highest BCUT2D eigenvalue weighted by molar-refractivity contribution is 7.22. The molecule has 5 rings (SSSR count). The van der Waals surface area contributed by atoms with E-state index in [2.05, 4.69) is 43.0 Å². The van der Waals surface area contributed by atoms with Crippen LogP contribution in [0.2, 0.25) is 0 Å². The molecule has 0 unspecified atom stereocenters. The van der Waals surface area contributed by atoms with E-state index >= 15 is 0 Å². The van der Waals surface area contributed by atoms with E-state index in [4.69, 9.17) is 4.98 Å². The van der Waals surface area contributed by atoms with Gasteiger partial charge in [-0.2, -0.15) is 0 Å². The molecule has 7 heteroatoms. The fourth-order valence-electron chi connectivity index (χ4n) is 3.91. The van der Waals surface area contributed by atoms with Crippen molar-refractivity contribution in [3.8, 4) is 0 Å². The fraction of sp³-hybridized carbons (Fsp3) is 0.333. The summed E-state index contributed by atoms with van der Waals surface area (Å²) in [6.45, 7) is 0.749. The number of fused-ring (bicyclic) bond motifs is 2. The Morgan fingerprint density at radius 2 is 2.18 bits per heavy atom. The summed E-state index contributed by atoms with van der Waals surface area (Å²) in [7, 11) is 1.90. The Labute approximate surface area is 167 Å². The second kappa shape index (κ2) is 7.31. The zero-order valence-corrected chi connectivity index (χ0v) is 16.6. The minimum absolute atomic E-state index is 0.321. The fourth-order valence-corrected chi connectivity index (χ4v) is 4.89. The Hall–Kier alpha value is -2.80. The highest BCUT2D eigenvalue weighted by Gasteiger charge is 2.20. The summed E-state index contributed by atoms with van der Waals surface area (Å²) in [5.41, 5.74) is 5.37. The molecule has 28 heavy (non-hydrogen) atoms. The lowest BCUT2D eigenvalue weighted by molar-refractivity contribution is 0.626. The first-order valence-corrected chi connectivity index (χ1v) is 10.5. The number of rotatable bonds is 4. The van der Waals surface area contributed by atoms with Gasteiger partial charge in [0.25, 0.3) is 0 Å². The van der Waals surface area contributed by atoms with Gasteiger partial charge >= 0.3 is 0 Å². The second-order valence-electron chi connectivity index (χ2n) is 7.20. The average molecular weight is 391 g/mol. The number of benzene rings is 1. The van der Waals surface area contributed by atoms with Crippen molar-refractivity contribution in [2.45, 2.75) is 38.3 Å². The lowest BCUT2D eigenvalue weighted by Crippen LogP contribution is -2.32. The molecule has 1 fully saturated rings. The van der Waals surface area contributed by atoms with Crippen LogP contribution in [0.4, 0.5) is 5.13 Å². The van der Waals surface area contributed by atoms with Crippen molar-refractivity contribution < 1.29 is 0 Å². The van der Waals surface area contributed by atoms with Crippen LogP contribution in [0.5, 0.6) is 0 Å². The lowest BCUT2D eigenvalue weighted by atomic mass is 9.93. The molecule has 142 valence electrons. The molecule has 1 aliphatic carbocycles. The number of aliphatic imine (C=N–C) groups is 1. The van der Waals surface area contributed by atoms with Crippen LogP contribution in [-0.4, -0.2) is 38.3 Å². The van der Waals surface area contributed by atoms with E-state index in [1.54, 1.807) is 11.3 Å². The van der Waals surface area contributed by atoms with Crippen molar-refractivity contribution in [3.63, 3.8) is 0 Å². The number of hydrogen-bond acceptors (Lipinski definition) is 6. The zero-order chi connectivity index (χ0) is 18.9. The number of aromatic nitrogens is 4. The van der Waals surface area contributed by atoms with Gasteiger partial charge in [-0.15, -0.1) is 0 Å². The Balaban J connectivity index is 1.39. The molecule has 0 aliphatic heterocycles. The molecule has 4 aromatic rings. The highest BCUT2D eigenvalue weighted by atomic mass is 32.1. The molecule has 6 nitrogen and oxygen atoms in total. The van der Waals surface area contributed by atoms with Crippen molar-refractivity contribution >= 4 is 43.6 Å². The van der Waals surface area contributed by atoms with E-state index in [0.29, 0.717) is 6.04 Å². The zero-order valence-electron chi connectivity index (χ0n) is 15.8. The Morgan fingerprint density at radius 1 is 1.21 bits per heavy atom. The van der Waals surface area contributed by atoms with Crippen LogP contribution in [0.3, 0.4) is 0 Å². The van der Waals surface area contributed by atoms with E-state index in [9.17, 15) is 0 Å². The van der Waals surface area contributed by atoms with Crippen molar-refractivity contribution in [2.75, 3.05) is 12.4 Å². The maximum absolute atomic E-state index is 4.78. The summed E-state index contributed by atoms with van der Waals surface area (Å²) in [5.74, 6) is 0. The van der Waals surface area contributed by atoms with Gasteiger partial charge in [0, 0.05) is 19.0 Å². The number of pyridine rings is 1. The first-order valence-electron chi connectivity index (χ1n) is 9.67. The first kappa shape index (κ1) is 17.3. The van der Waals surface area contributed by atoms with Gasteiger partial charge in [0.15, 0.2) is 10.8 Å². The monoisotopic (exact) mass is 390 g/mol. The van der Waals surface area contributed by atoms with Gasteiger partial charge in [0.2, 0.25) is 0 Å². The van der Waals surface area contributed by atoms with Crippen molar-refractivity contribution in [2.24, 2.45) is 4.99 Å². The van der Waals surface area contributed by atoms with E-state index < -0.39 is 0 Å². The standard InChI is InChI=1S/C21H22N6S/c1-22-15-5-2-3-6-16(15)25-21-26-17-9-8-14(11-19(17)28-21)12-27-13-24-18-7-4-10-23-20(18)27/h4,7-11,13,16H,2-3,5-6,12H2,1H3,(H,25,26)/t16-/m1/s1. The van der Waals surface area contributed by atoms with Gasteiger partial charge in [0.05, 0.1) is 29.1 Å². The molecule has 0 spiro atoms. The third-order valence-electron chi connectivity index (χ3n) is 5.34. The summed E-state index contributed by atoms with van der Waals surface area (Å²) in [6.07, 6.45) is 8.38. The number of nitrogens with one attached hydrogen (secondary N) is 1.